The van der Waals surface area contributed by atoms with Gasteiger partial charge in [-0.05, 0) is 30.9 Å². The van der Waals surface area contributed by atoms with Crippen molar-refractivity contribution in [2.45, 2.75) is 19.3 Å². The number of carbonyl (C=O) groups excluding carboxylic acids is 1. The molecule has 0 bridgehead atoms. The van der Waals surface area contributed by atoms with Gasteiger partial charge in [0, 0.05) is 13.6 Å². The lowest BCUT2D eigenvalue weighted by Crippen LogP contribution is -2.37. The van der Waals surface area contributed by atoms with Crippen LogP contribution in [0.1, 0.15) is 24.8 Å². The largest absolute Gasteiger partial charge is 0.483 e. The first-order valence-electron chi connectivity index (χ1n) is 6.83. The van der Waals surface area contributed by atoms with Crippen LogP contribution in [0.4, 0.5) is 0 Å². The zero-order valence-corrected chi connectivity index (χ0v) is 12.5. The number of ether oxygens (including phenoxy) is 1. The number of likely N-dealkylation sites (N-methyl/N-ethyl adjacent to an activating group) is 1. The van der Waals surface area contributed by atoms with Crippen molar-refractivity contribution >= 4 is 23.1 Å². The highest BCUT2D eigenvalue weighted by Gasteiger charge is 2.21. The van der Waals surface area contributed by atoms with Gasteiger partial charge in [0.15, 0.2) is 6.61 Å². The van der Waals surface area contributed by atoms with Crippen molar-refractivity contribution in [1.82, 2.24) is 4.90 Å². The molecular weight excluding hydrogens is 272 g/mol. The van der Waals surface area contributed by atoms with Gasteiger partial charge in [-0.2, -0.15) is 0 Å². The van der Waals surface area contributed by atoms with Crippen LogP contribution in [0.15, 0.2) is 24.3 Å². The van der Waals surface area contributed by atoms with Crippen LogP contribution >= 0.6 is 12.2 Å². The van der Waals surface area contributed by atoms with E-state index in [4.69, 9.17) is 22.7 Å². The maximum atomic E-state index is 12.0. The maximum Gasteiger partial charge on any atom is 0.260 e. The fourth-order valence-electron chi connectivity index (χ4n) is 2.21. The van der Waals surface area contributed by atoms with Crippen LogP contribution in [0.5, 0.6) is 5.75 Å². The summed E-state index contributed by atoms with van der Waals surface area (Å²) < 4.78 is 5.56. The van der Waals surface area contributed by atoms with Crippen LogP contribution in [0, 0.1) is 5.92 Å². The molecule has 108 valence electrons. The van der Waals surface area contributed by atoms with Crippen LogP contribution in [0.2, 0.25) is 0 Å². The number of thiocarbonyl (C=S) groups is 1. The lowest BCUT2D eigenvalue weighted by atomic mass is 9.85. The van der Waals surface area contributed by atoms with Gasteiger partial charge in [0.25, 0.3) is 5.91 Å². The Hall–Kier alpha value is -1.62. The lowest BCUT2D eigenvalue weighted by molar-refractivity contribution is -0.133. The van der Waals surface area contributed by atoms with Crippen molar-refractivity contribution in [3.05, 3.63) is 29.8 Å². The summed E-state index contributed by atoms with van der Waals surface area (Å²) in [5.41, 5.74) is 6.29. The van der Waals surface area contributed by atoms with E-state index in [0.29, 0.717) is 17.2 Å². The van der Waals surface area contributed by atoms with Crippen molar-refractivity contribution in [1.29, 1.82) is 0 Å². The van der Waals surface area contributed by atoms with Crippen molar-refractivity contribution in [2.24, 2.45) is 11.7 Å². The Kier molecular flexibility index (Phi) is 4.95. The van der Waals surface area contributed by atoms with E-state index in [-0.39, 0.29) is 17.5 Å². The molecule has 1 aromatic carbocycles. The highest BCUT2D eigenvalue weighted by Crippen LogP contribution is 2.26. The molecule has 1 saturated carbocycles. The predicted molar refractivity (Wildman–Crippen MR) is 82.8 cm³/mol. The van der Waals surface area contributed by atoms with Crippen LogP contribution in [-0.4, -0.2) is 36.0 Å². The van der Waals surface area contributed by atoms with Gasteiger partial charge in [-0.15, -0.1) is 0 Å². The minimum atomic E-state index is -0.0188. The molecule has 20 heavy (non-hydrogen) atoms. The van der Waals surface area contributed by atoms with Crippen LogP contribution < -0.4 is 10.5 Å². The van der Waals surface area contributed by atoms with E-state index in [2.05, 4.69) is 0 Å². The van der Waals surface area contributed by atoms with Gasteiger partial charge in [-0.3, -0.25) is 4.79 Å². The molecule has 0 radical (unpaired) electrons. The Morgan fingerprint density at radius 2 is 2.15 bits per heavy atom. The minimum Gasteiger partial charge on any atom is -0.483 e. The third-order valence-electron chi connectivity index (χ3n) is 3.69. The van der Waals surface area contributed by atoms with E-state index < -0.39 is 0 Å². The molecule has 0 heterocycles. The predicted octanol–water partition coefficient (Wildman–Crippen LogP) is 1.96. The molecular formula is C15H20N2O2S. The fourth-order valence-corrected chi connectivity index (χ4v) is 2.38. The quantitative estimate of drug-likeness (QED) is 0.814. The third kappa shape index (κ3) is 3.70. The number of amides is 1. The summed E-state index contributed by atoms with van der Waals surface area (Å²) >= 11 is 4.96. The lowest BCUT2D eigenvalue weighted by Gasteiger charge is -2.30. The molecule has 0 aliphatic heterocycles. The number of hydrogen-bond donors (Lipinski definition) is 1. The first-order valence-corrected chi connectivity index (χ1v) is 7.24. The molecule has 1 fully saturated rings. The molecule has 1 aromatic rings. The molecule has 1 amide bonds. The van der Waals surface area contributed by atoms with Crippen LogP contribution in [0.3, 0.4) is 0 Å². The molecule has 1 aliphatic carbocycles. The van der Waals surface area contributed by atoms with E-state index in [1.54, 1.807) is 17.0 Å². The number of carbonyl (C=O) groups is 1. The number of hydrogen-bond acceptors (Lipinski definition) is 3. The third-order valence-corrected chi connectivity index (χ3v) is 3.91. The fraction of sp³-hybridized carbons (Fsp3) is 0.467. The normalized spacial score (nSPS) is 14.4. The van der Waals surface area contributed by atoms with Crippen molar-refractivity contribution in [3.8, 4) is 5.75 Å². The van der Waals surface area contributed by atoms with Gasteiger partial charge in [-0.25, -0.2) is 0 Å². The smallest absolute Gasteiger partial charge is 0.260 e. The van der Waals surface area contributed by atoms with Gasteiger partial charge in [-0.1, -0.05) is 30.8 Å². The molecule has 1 aliphatic rings. The summed E-state index contributed by atoms with van der Waals surface area (Å²) in [5, 5.41) is 0. The summed E-state index contributed by atoms with van der Waals surface area (Å²) in [5.74, 6) is 1.20. The molecule has 0 spiro atoms. The highest BCUT2D eigenvalue weighted by molar-refractivity contribution is 7.80. The van der Waals surface area contributed by atoms with Crippen molar-refractivity contribution in [3.63, 3.8) is 0 Å². The van der Waals surface area contributed by atoms with Gasteiger partial charge >= 0.3 is 0 Å². The highest BCUT2D eigenvalue weighted by atomic mass is 32.1. The van der Waals surface area contributed by atoms with Gasteiger partial charge in [0.2, 0.25) is 0 Å². The minimum absolute atomic E-state index is 0.0167. The summed E-state index contributed by atoms with van der Waals surface area (Å²) in [4.78, 5) is 14.0. The second kappa shape index (κ2) is 6.70. The summed E-state index contributed by atoms with van der Waals surface area (Å²) in [6.07, 6.45) is 3.73. The number of nitrogens with zero attached hydrogens (tertiary/aromatic N) is 1. The Morgan fingerprint density at radius 1 is 1.45 bits per heavy atom. The Bertz CT molecular complexity index is 500. The second-order valence-corrected chi connectivity index (χ2v) is 5.66. The van der Waals surface area contributed by atoms with E-state index >= 15 is 0 Å². The molecule has 0 saturated heterocycles. The average molecular weight is 292 g/mol. The summed E-state index contributed by atoms with van der Waals surface area (Å²) in [6, 6.07) is 7.24. The number of benzene rings is 1. The number of para-hydroxylation sites is 1. The first kappa shape index (κ1) is 14.8. The second-order valence-electron chi connectivity index (χ2n) is 5.22. The zero-order chi connectivity index (χ0) is 14.5. The van der Waals surface area contributed by atoms with Crippen LogP contribution in [0.25, 0.3) is 0 Å². The van der Waals surface area contributed by atoms with E-state index in [1.807, 2.05) is 19.2 Å². The molecule has 0 unspecified atom stereocenters. The molecule has 2 N–H and O–H groups in total. The number of nitrogens with two attached hydrogens (primary N) is 1. The zero-order valence-electron chi connectivity index (χ0n) is 11.7. The SMILES string of the molecule is CN(CC1CCC1)C(=O)COc1ccccc1C(N)=S. The molecule has 5 heteroatoms. The van der Waals surface area contributed by atoms with E-state index in [1.165, 1.54) is 19.3 Å². The van der Waals surface area contributed by atoms with E-state index in [0.717, 1.165) is 6.54 Å². The van der Waals surface area contributed by atoms with Gasteiger partial charge < -0.3 is 15.4 Å². The van der Waals surface area contributed by atoms with Crippen molar-refractivity contribution < 1.29 is 9.53 Å². The Morgan fingerprint density at radius 3 is 2.75 bits per heavy atom. The summed E-state index contributed by atoms with van der Waals surface area (Å²) in [7, 11) is 1.82. The topological polar surface area (TPSA) is 55.6 Å². The van der Waals surface area contributed by atoms with E-state index in [9.17, 15) is 4.79 Å². The molecule has 2 rings (SSSR count). The standard InChI is InChI=1S/C15H20N2O2S/c1-17(9-11-5-4-6-11)14(18)10-19-13-8-3-2-7-12(13)15(16)20/h2-3,7-8,11H,4-6,9-10H2,1H3,(H2,16,20). The van der Waals surface area contributed by atoms with Gasteiger partial charge in [0.05, 0.1) is 5.56 Å². The first-order chi connectivity index (χ1) is 9.58. The Labute approximate surface area is 124 Å². The average Bonchev–Trinajstić information content (AvgIpc) is 2.40. The molecule has 0 atom stereocenters. The maximum absolute atomic E-state index is 12.0. The monoisotopic (exact) mass is 292 g/mol. The van der Waals surface area contributed by atoms with Crippen molar-refractivity contribution in [2.75, 3.05) is 20.2 Å². The number of rotatable bonds is 6. The van der Waals surface area contributed by atoms with Crippen LogP contribution in [-0.2, 0) is 4.79 Å². The Balaban J connectivity index is 1.87. The molecule has 0 aromatic heterocycles. The van der Waals surface area contributed by atoms with Gasteiger partial charge in [0.1, 0.15) is 10.7 Å². The molecule has 4 nitrogen and oxygen atoms in total. The summed E-state index contributed by atoms with van der Waals surface area (Å²) in [6.45, 7) is 0.835.